The Balaban J connectivity index is 2.44. The predicted octanol–water partition coefficient (Wildman–Crippen LogP) is 0.900. The van der Waals surface area contributed by atoms with Crippen LogP contribution in [-0.2, 0) is 16.0 Å². The molecule has 0 saturated heterocycles. The molecule has 1 radical (unpaired) electrons. The van der Waals surface area contributed by atoms with Crippen LogP contribution >= 0.6 is 0 Å². The second kappa shape index (κ2) is 3.62. The van der Waals surface area contributed by atoms with E-state index in [1.54, 1.807) is 0 Å². The van der Waals surface area contributed by atoms with E-state index in [4.69, 9.17) is 0 Å². The largest absolute Gasteiger partial charge is 0.342 e. The van der Waals surface area contributed by atoms with Gasteiger partial charge in [0.2, 0.25) is 12.2 Å². The molecule has 1 aliphatic rings. The highest BCUT2D eigenvalue weighted by Gasteiger charge is 2.21. The highest BCUT2D eigenvalue weighted by molar-refractivity contribution is 5.82. The summed E-state index contributed by atoms with van der Waals surface area (Å²) in [6, 6.07) is 6.98. The van der Waals surface area contributed by atoms with Gasteiger partial charge in [0.05, 0.1) is 0 Å². The molecule has 0 saturated carbocycles. The third kappa shape index (κ3) is 1.53. The summed E-state index contributed by atoms with van der Waals surface area (Å²) in [5, 5.41) is 2.62. The van der Waals surface area contributed by atoms with Gasteiger partial charge >= 0.3 is 0 Å². The Morgan fingerprint density at radius 3 is 2.86 bits per heavy atom. The van der Waals surface area contributed by atoms with Crippen LogP contribution in [0.15, 0.2) is 24.3 Å². The molecule has 1 aromatic rings. The van der Waals surface area contributed by atoms with Crippen LogP contribution in [0.25, 0.3) is 0 Å². The van der Waals surface area contributed by atoms with E-state index >= 15 is 0 Å². The molecule has 71 valence electrons. The molecule has 0 aliphatic carbocycles. The fraction of sp³-hybridized carbons (Fsp3) is 0.273. The number of fused-ring (bicyclic) bond motifs is 1. The summed E-state index contributed by atoms with van der Waals surface area (Å²) in [6.07, 6.45) is 2.98. The molecule has 3 nitrogen and oxygen atoms in total. The van der Waals surface area contributed by atoms with Crippen LogP contribution in [0.1, 0.15) is 23.6 Å². The first kappa shape index (κ1) is 8.94. The van der Waals surface area contributed by atoms with E-state index in [0.29, 0.717) is 12.8 Å². The van der Waals surface area contributed by atoms with Crippen molar-refractivity contribution in [2.45, 2.75) is 18.9 Å². The zero-order valence-corrected chi connectivity index (χ0v) is 7.62. The minimum absolute atomic E-state index is 0.0884. The summed E-state index contributed by atoms with van der Waals surface area (Å²) in [6.45, 7) is 0. The van der Waals surface area contributed by atoms with Crippen molar-refractivity contribution in [3.05, 3.63) is 35.4 Å². The van der Waals surface area contributed by atoms with Crippen molar-refractivity contribution in [1.29, 1.82) is 0 Å². The quantitative estimate of drug-likeness (QED) is 0.711. The van der Waals surface area contributed by atoms with Gasteiger partial charge in [0.25, 0.3) is 0 Å². The number of rotatable bonds is 1. The lowest BCUT2D eigenvalue weighted by molar-refractivity contribution is -0.121. The second-order valence-corrected chi connectivity index (χ2v) is 3.32. The zero-order chi connectivity index (χ0) is 9.97. The van der Waals surface area contributed by atoms with Crippen LogP contribution < -0.4 is 5.32 Å². The Kier molecular flexibility index (Phi) is 2.31. The standard InChI is InChI=1S/C11H10NO2/c13-7-10-9-4-2-1-3-8(9)5-6-11(14)12-10/h1-4,10H,5-6H2,(H,12,14). The maximum atomic E-state index is 11.2. The average Bonchev–Trinajstić information content (AvgIpc) is 2.38. The van der Waals surface area contributed by atoms with Crippen LogP contribution in [0.4, 0.5) is 0 Å². The van der Waals surface area contributed by atoms with Gasteiger partial charge < -0.3 is 5.32 Å². The molecule has 1 unspecified atom stereocenters. The number of hydrogen-bond acceptors (Lipinski definition) is 2. The molecule has 1 N–H and O–H groups in total. The molecule has 0 fully saturated rings. The van der Waals surface area contributed by atoms with Gasteiger partial charge in [-0.25, -0.2) is 0 Å². The van der Waals surface area contributed by atoms with Gasteiger partial charge in [0.15, 0.2) is 0 Å². The fourth-order valence-electron chi connectivity index (χ4n) is 1.70. The molecule has 0 bridgehead atoms. The van der Waals surface area contributed by atoms with Gasteiger partial charge in [-0.3, -0.25) is 9.59 Å². The number of benzene rings is 1. The maximum absolute atomic E-state index is 11.2. The van der Waals surface area contributed by atoms with E-state index in [0.717, 1.165) is 11.1 Å². The smallest absolute Gasteiger partial charge is 0.227 e. The molecule has 1 aliphatic heterocycles. The van der Waals surface area contributed by atoms with E-state index in [1.165, 1.54) is 0 Å². The Morgan fingerprint density at radius 1 is 1.29 bits per heavy atom. The molecule has 2 rings (SSSR count). The molecule has 1 aromatic carbocycles. The lowest BCUT2D eigenvalue weighted by Gasteiger charge is -2.10. The van der Waals surface area contributed by atoms with E-state index in [2.05, 4.69) is 5.32 Å². The minimum atomic E-state index is -0.596. The molecule has 1 amide bonds. The Morgan fingerprint density at radius 2 is 2.07 bits per heavy atom. The van der Waals surface area contributed by atoms with Gasteiger partial charge in [-0.2, -0.15) is 0 Å². The average molecular weight is 188 g/mol. The van der Waals surface area contributed by atoms with Crippen molar-refractivity contribution < 1.29 is 9.59 Å². The normalized spacial score (nSPS) is 20.6. The van der Waals surface area contributed by atoms with E-state index in [1.807, 2.05) is 30.6 Å². The summed E-state index contributed by atoms with van der Waals surface area (Å²) in [5.41, 5.74) is 1.92. The number of amides is 1. The monoisotopic (exact) mass is 188 g/mol. The van der Waals surface area contributed by atoms with Crippen molar-refractivity contribution in [1.82, 2.24) is 5.32 Å². The van der Waals surface area contributed by atoms with Crippen molar-refractivity contribution in [2.75, 3.05) is 0 Å². The molecule has 14 heavy (non-hydrogen) atoms. The highest BCUT2D eigenvalue weighted by Crippen LogP contribution is 2.21. The highest BCUT2D eigenvalue weighted by atomic mass is 16.2. The summed E-state index contributed by atoms with van der Waals surface area (Å²) in [4.78, 5) is 21.9. The number of nitrogens with one attached hydrogen (secondary N) is 1. The predicted molar refractivity (Wildman–Crippen MR) is 51.3 cm³/mol. The third-order valence-electron chi connectivity index (χ3n) is 2.41. The first-order chi connectivity index (χ1) is 6.81. The van der Waals surface area contributed by atoms with Crippen LogP contribution in [0.5, 0.6) is 0 Å². The van der Waals surface area contributed by atoms with Gasteiger partial charge in [0.1, 0.15) is 6.04 Å². The number of hydrogen-bond donors (Lipinski definition) is 1. The molecule has 3 heteroatoms. The second-order valence-electron chi connectivity index (χ2n) is 3.32. The molecular formula is C11H10NO2. The molecule has 0 aromatic heterocycles. The Labute approximate surface area is 82.1 Å². The Bertz CT molecular complexity index is 373. The fourth-order valence-corrected chi connectivity index (χ4v) is 1.70. The summed E-state index contributed by atoms with van der Waals surface area (Å²) >= 11 is 0. The van der Waals surface area contributed by atoms with E-state index in [-0.39, 0.29) is 5.91 Å². The van der Waals surface area contributed by atoms with E-state index in [9.17, 15) is 9.59 Å². The number of carbonyl (C=O) groups is 1. The lowest BCUT2D eigenvalue weighted by atomic mass is 10.00. The van der Waals surface area contributed by atoms with Gasteiger partial charge in [-0.15, -0.1) is 0 Å². The molecule has 1 heterocycles. The molecular weight excluding hydrogens is 178 g/mol. The summed E-state index contributed by atoms with van der Waals surface area (Å²) in [7, 11) is 0. The van der Waals surface area contributed by atoms with Crippen LogP contribution in [0.2, 0.25) is 0 Å². The Hall–Kier alpha value is -1.64. The third-order valence-corrected chi connectivity index (χ3v) is 2.41. The zero-order valence-electron chi connectivity index (χ0n) is 7.62. The first-order valence-electron chi connectivity index (χ1n) is 4.56. The number of aryl methyl sites for hydroxylation is 1. The van der Waals surface area contributed by atoms with Crippen molar-refractivity contribution >= 4 is 12.2 Å². The van der Waals surface area contributed by atoms with Crippen LogP contribution in [-0.4, -0.2) is 12.2 Å². The van der Waals surface area contributed by atoms with Gasteiger partial charge in [-0.05, 0) is 17.5 Å². The minimum Gasteiger partial charge on any atom is -0.342 e. The van der Waals surface area contributed by atoms with Crippen LogP contribution in [0.3, 0.4) is 0 Å². The van der Waals surface area contributed by atoms with Gasteiger partial charge in [0, 0.05) is 6.42 Å². The maximum Gasteiger partial charge on any atom is 0.227 e. The first-order valence-corrected chi connectivity index (χ1v) is 4.56. The van der Waals surface area contributed by atoms with Crippen molar-refractivity contribution in [3.8, 4) is 0 Å². The lowest BCUT2D eigenvalue weighted by Crippen LogP contribution is -2.27. The van der Waals surface area contributed by atoms with Gasteiger partial charge in [-0.1, -0.05) is 24.3 Å². The van der Waals surface area contributed by atoms with Crippen molar-refractivity contribution in [2.24, 2.45) is 0 Å². The van der Waals surface area contributed by atoms with E-state index < -0.39 is 6.04 Å². The summed E-state index contributed by atoms with van der Waals surface area (Å²) < 4.78 is 0. The molecule has 0 spiro atoms. The van der Waals surface area contributed by atoms with Crippen LogP contribution in [0, 0.1) is 0 Å². The summed E-state index contributed by atoms with van der Waals surface area (Å²) in [5.74, 6) is -0.0884. The molecule has 1 atom stereocenters. The topological polar surface area (TPSA) is 46.2 Å². The van der Waals surface area contributed by atoms with Crippen molar-refractivity contribution in [3.63, 3.8) is 0 Å². The SMILES string of the molecule is O=[C]C1NC(=O)CCc2ccccc21. The number of carbonyl (C=O) groups excluding carboxylic acids is 2.